The molecule has 0 spiro atoms. The lowest BCUT2D eigenvalue weighted by Crippen LogP contribution is -2.05. The molecule has 0 amide bonds. The molecule has 2 atom stereocenters. The summed E-state index contributed by atoms with van der Waals surface area (Å²) in [6, 6.07) is 0. The highest BCUT2D eigenvalue weighted by molar-refractivity contribution is 5.49. The van der Waals surface area contributed by atoms with E-state index in [0.717, 1.165) is 44.8 Å². The van der Waals surface area contributed by atoms with Crippen LogP contribution in [0.1, 0.15) is 110 Å². The smallest absolute Gasteiger partial charge is 0.120 e. The summed E-state index contributed by atoms with van der Waals surface area (Å²) in [5, 5.41) is 19.9. The van der Waals surface area contributed by atoms with Crippen molar-refractivity contribution in [2.45, 2.75) is 122 Å². The predicted octanol–water partition coefficient (Wildman–Crippen LogP) is 7.39. The minimum Gasteiger partial charge on any atom is -0.393 e. The largest absolute Gasteiger partial charge is 0.393 e. The van der Waals surface area contributed by atoms with Gasteiger partial charge in [0.25, 0.3) is 0 Å². The number of allylic oxidation sites excluding steroid dienone is 6. The van der Waals surface area contributed by atoms with Crippen molar-refractivity contribution in [3.05, 3.63) is 48.6 Å². The second-order valence-corrected chi connectivity index (χ2v) is 8.34. The maximum atomic E-state index is 10.2. The lowest BCUT2D eigenvalue weighted by Gasteiger charge is -2.07. The fourth-order valence-corrected chi connectivity index (χ4v) is 3.23. The van der Waals surface area contributed by atoms with Crippen LogP contribution in [0, 0.1) is 0 Å². The molecule has 0 saturated carbocycles. The summed E-state index contributed by atoms with van der Waals surface area (Å²) in [6.07, 6.45) is 33.3. The summed E-state index contributed by atoms with van der Waals surface area (Å²) in [4.78, 5) is 10.2. The Kier molecular flexibility index (Phi) is 23.7. The van der Waals surface area contributed by atoms with E-state index in [-0.39, 0.29) is 12.2 Å². The van der Waals surface area contributed by atoms with Gasteiger partial charge in [-0.1, -0.05) is 68.4 Å². The summed E-state index contributed by atoms with van der Waals surface area (Å²) < 4.78 is 0. The van der Waals surface area contributed by atoms with Crippen LogP contribution in [0.15, 0.2) is 48.6 Å². The first kappa shape index (κ1) is 29.5. The minimum absolute atomic E-state index is 0.252. The summed E-state index contributed by atoms with van der Waals surface area (Å²) >= 11 is 0. The summed E-state index contributed by atoms with van der Waals surface area (Å²) in [6.45, 7) is 2.24. The summed E-state index contributed by atoms with van der Waals surface area (Å²) in [7, 11) is 0. The molecule has 178 valence electrons. The molecule has 0 rings (SSSR count). The Bertz CT molecular complexity index is 490. The maximum absolute atomic E-state index is 10.2. The molecule has 0 aliphatic heterocycles. The van der Waals surface area contributed by atoms with Crippen LogP contribution < -0.4 is 0 Å². The molecule has 3 heteroatoms. The SMILES string of the molecule is CCCCC/C=C\CCCC/C=C\CCC(O)CC/C=C\CC(O)C/C=C\CCC=O. The van der Waals surface area contributed by atoms with Crippen LogP contribution in [0.25, 0.3) is 0 Å². The Morgan fingerprint density at radius 1 is 0.548 bits per heavy atom. The van der Waals surface area contributed by atoms with E-state index in [9.17, 15) is 15.0 Å². The Hall–Kier alpha value is -1.45. The molecule has 3 nitrogen and oxygen atoms in total. The number of aliphatic hydroxyl groups is 2. The van der Waals surface area contributed by atoms with E-state index >= 15 is 0 Å². The van der Waals surface area contributed by atoms with Gasteiger partial charge >= 0.3 is 0 Å². The number of hydrogen-bond donors (Lipinski definition) is 2. The molecule has 0 radical (unpaired) electrons. The minimum atomic E-state index is -0.374. The lowest BCUT2D eigenvalue weighted by molar-refractivity contribution is -0.107. The van der Waals surface area contributed by atoms with Gasteiger partial charge in [0.2, 0.25) is 0 Å². The van der Waals surface area contributed by atoms with E-state index < -0.39 is 0 Å². The molecule has 0 aromatic heterocycles. The molecular weight excluding hydrogens is 384 g/mol. The van der Waals surface area contributed by atoms with Crippen molar-refractivity contribution in [2.24, 2.45) is 0 Å². The van der Waals surface area contributed by atoms with Crippen LogP contribution in [0.3, 0.4) is 0 Å². The lowest BCUT2D eigenvalue weighted by atomic mass is 10.1. The van der Waals surface area contributed by atoms with E-state index in [0.29, 0.717) is 19.3 Å². The van der Waals surface area contributed by atoms with Crippen molar-refractivity contribution in [3.63, 3.8) is 0 Å². The first-order valence-corrected chi connectivity index (χ1v) is 12.6. The third-order valence-electron chi connectivity index (χ3n) is 5.23. The van der Waals surface area contributed by atoms with Gasteiger partial charge in [0.1, 0.15) is 6.29 Å². The molecule has 0 bridgehead atoms. The predicted molar refractivity (Wildman–Crippen MR) is 134 cm³/mol. The third-order valence-corrected chi connectivity index (χ3v) is 5.23. The monoisotopic (exact) mass is 432 g/mol. The second-order valence-electron chi connectivity index (χ2n) is 8.34. The first-order chi connectivity index (χ1) is 15.2. The molecule has 0 aromatic rings. The highest BCUT2D eigenvalue weighted by Gasteiger charge is 2.01. The average molecular weight is 433 g/mol. The molecule has 0 aliphatic rings. The van der Waals surface area contributed by atoms with Crippen LogP contribution in [0.2, 0.25) is 0 Å². The van der Waals surface area contributed by atoms with Gasteiger partial charge in [-0.2, -0.15) is 0 Å². The Morgan fingerprint density at radius 3 is 1.52 bits per heavy atom. The molecule has 0 aromatic carbocycles. The molecule has 31 heavy (non-hydrogen) atoms. The Balaban J connectivity index is 3.52. The Morgan fingerprint density at radius 2 is 1.00 bits per heavy atom. The zero-order chi connectivity index (χ0) is 22.8. The van der Waals surface area contributed by atoms with Crippen LogP contribution in [0.5, 0.6) is 0 Å². The van der Waals surface area contributed by atoms with Crippen LogP contribution in [-0.2, 0) is 4.79 Å². The number of carbonyl (C=O) groups excluding carboxylic acids is 1. The van der Waals surface area contributed by atoms with Gasteiger partial charge in [0.15, 0.2) is 0 Å². The number of carbonyl (C=O) groups is 1. The number of rotatable bonds is 22. The van der Waals surface area contributed by atoms with E-state index in [2.05, 4.69) is 37.3 Å². The van der Waals surface area contributed by atoms with Crippen LogP contribution in [-0.4, -0.2) is 28.7 Å². The highest BCUT2D eigenvalue weighted by atomic mass is 16.3. The van der Waals surface area contributed by atoms with E-state index in [4.69, 9.17) is 0 Å². The van der Waals surface area contributed by atoms with Crippen molar-refractivity contribution in [2.75, 3.05) is 0 Å². The molecular formula is C28H48O3. The number of aldehydes is 1. The first-order valence-electron chi connectivity index (χ1n) is 12.6. The molecule has 0 saturated heterocycles. The van der Waals surface area contributed by atoms with Gasteiger partial charge in [-0.3, -0.25) is 0 Å². The van der Waals surface area contributed by atoms with E-state index in [1.807, 2.05) is 18.2 Å². The standard InChI is InChI=1S/C28H48O3/c1-2-3-4-5-6-7-8-9-10-11-12-13-17-22-27(30)24-19-16-20-25-28(31)23-18-14-15-21-26-29/h6-7,12-14,16,18,20,26-28,30-31H,2-5,8-11,15,17,19,21-25H2,1H3/b7-6-,13-12-,18-14-,20-16-. The molecule has 2 unspecified atom stereocenters. The maximum Gasteiger partial charge on any atom is 0.120 e. The van der Waals surface area contributed by atoms with Gasteiger partial charge in [0.05, 0.1) is 12.2 Å². The fraction of sp³-hybridized carbons (Fsp3) is 0.679. The molecule has 0 aliphatic carbocycles. The highest BCUT2D eigenvalue weighted by Crippen LogP contribution is 2.09. The summed E-state index contributed by atoms with van der Waals surface area (Å²) in [5.74, 6) is 0. The van der Waals surface area contributed by atoms with Gasteiger partial charge in [-0.15, -0.1) is 0 Å². The van der Waals surface area contributed by atoms with Gasteiger partial charge in [-0.05, 0) is 83.5 Å². The number of unbranched alkanes of at least 4 members (excludes halogenated alkanes) is 7. The molecule has 0 heterocycles. The average Bonchev–Trinajstić information content (AvgIpc) is 2.76. The third kappa shape index (κ3) is 24.7. The molecule has 0 fully saturated rings. The van der Waals surface area contributed by atoms with E-state index in [1.54, 1.807) is 0 Å². The Labute approximate surface area is 192 Å². The van der Waals surface area contributed by atoms with Crippen LogP contribution in [0.4, 0.5) is 0 Å². The quantitative estimate of drug-likeness (QED) is 0.106. The normalized spacial score (nSPS) is 14.4. The number of hydrogen-bond acceptors (Lipinski definition) is 3. The van der Waals surface area contributed by atoms with E-state index in [1.165, 1.54) is 44.9 Å². The van der Waals surface area contributed by atoms with Crippen molar-refractivity contribution < 1.29 is 15.0 Å². The van der Waals surface area contributed by atoms with Crippen molar-refractivity contribution in [1.29, 1.82) is 0 Å². The van der Waals surface area contributed by atoms with Crippen molar-refractivity contribution in [1.82, 2.24) is 0 Å². The fourth-order valence-electron chi connectivity index (χ4n) is 3.23. The van der Waals surface area contributed by atoms with Gasteiger partial charge in [-0.25, -0.2) is 0 Å². The zero-order valence-electron chi connectivity index (χ0n) is 20.0. The van der Waals surface area contributed by atoms with Gasteiger partial charge in [0, 0.05) is 6.42 Å². The van der Waals surface area contributed by atoms with Crippen molar-refractivity contribution in [3.8, 4) is 0 Å². The van der Waals surface area contributed by atoms with Gasteiger partial charge < -0.3 is 15.0 Å². The topological polar surface area (TPSA) is 57.5 Å². The second kappa shape index (κ2) is 24.8. The number of aliphatic hydroxyl groups excluding tert-OH is 2. The molecule has 2 N–H and O–H groups in total. The van der Waals surface area contributed by atoms with Crippen LogP contribution >= 0.6 is 0 Å². The summed E-state index contributed by atoms with van der Waals surface area (Å²) in [5.41, 5.74) is 0. The van der Waals surface area contributed by atoms with Crippen molar-refractivity contribution >= 4 is 6.29 Å². The zero-order valence-corrected chi connectivity index (χ0v) is 20.0.